The Balaban J connectivity index is 1.23. The minimum Gasteiger partial charge on any atom is -0.254 e. The zero-order valence-electron chi connectivity index (χ0n) is 26.1. The van der Waals surface area contributed by atoms with E-state index in [1.807, 2.05) is 36.4 Å². The summed E-state index contributed by atoms with van der Waals surface area (Å²) in [5.74, 6) is -16.1. The van der Waals surface area contributed by atoms with Crippen LogP contribution in [0.15, 0.2) is 122 Å². The van der Waals surface area contributed by atoms with E-state index >= 15 is 26.3 Å². The standard InChI is InChI=1S/C41H20F6N4/c42-39(43)33-29-19-25(31-15-11-23-7-5-21-3-1-17-48-35(21)37(23)50-31)9-13-27(29)28-14-10-26(20-30(28)34(33)40(44,45)41(39,46)47)32-16-12-24-8-6-22-4-2-18-49-36(22)38(24)51-32/h1-20H. The molecule has 9 aromatic rings. The summed E-state index contributed by atoms with van der Waals surface area (Å²) in [6.07, 6.45) is 3.26. The summed E-state index contributed by atoms with van der Waals surface area (Å²) in [4.78, 5) is 18.4. The molecular formula is C41H20F6N4. The number of alkyl halides is 6. The number of rotatable bonds is 2. The number of pyridine rings is 4. The summed E-state index contributed by atoms with van der Waals surface area (Å²) >= 11 is 0. The smallest absolute Gasteiger partial charge is 0.254 e. The SMILES string of the molecule is FC1(F)c2c(c3cc(-c4ccc5ccc6cccnc6c5n4)ccc3c3ccc(-c4ccc5ccc6cccnc6c5n4)cc23)C(F)(F)C1(F)F. The fourth-order valence-corrected chi connectivity index (χ4v) is 7.49. The molecule has 4 aromatic heterocycles. The highest BCUT2D eigenvalue weighted by Crippen LogP contribution is 2.66. The van der Waals surface area contributed by atoms with Crippen LogP contribution in [0, 0.1) is 0 Å². The van der Waals surface area contributed by atoms with Crippen molar-refractivity contribution in [3.8, 4) is 22.5 Å². The molecule has 0 spiro atoms. The van der Waals surface area contributed by atoms with Gasteiger partial charge in [0.1, 0.15) is 0 Å². The lowest BCUT2D eigenvalue weighted by Gasteiger charge is -2.23. The molecule has 0 N–H and O–H groups in total. The maximum Gasteiger partial charge on any atom is 0.380 e. The summed E-state index contributed by atoms with van der Waals surface area (Å²) in [5.41, 5.74) is 0.840. The van der Waals surface area contributed by atoms with Crippen LogP contribution in [0.4, 0.5) is 26.3 Å². The highest BCUT2D eigenvalue weighted by atomic mass is 19.3. The number of nitrogens with zero attached hydrogens (tertiary/aromatic N) is 4. The molecule has 10 heteroatoms. The molecule has 4 nitrogen and oxygen atoms in total. The highest BCUT2D eigenvalue weighted by molar-refractivity contribution is 6.14. The zero-order chi connectivity index (χ0) is 34.9. The molecular weight excluding hydrogens is 662 g/mol. The molecule has 0 saturated heterocycles. The second-order valence-electron chi connectivity index (χ2n) is 12.8. The van der Waals surface area contributed by atoms with E-state index in [-0.39, 0.29) is 10.8 Å². The molecule has 0 fully saturated rings. The van der Waals surface area contributed by atoms with Gasteiger partial charge in [-0.05, 0) is 57.9 Å². The Hall–Kier alpha value is -6.16. The van der Waals surface area contributed by atoms with Crippen molar-refractivity contribution in [2.75, 3.05) is 0 Å². The molecule has 5 aromatic carbocycles. The van der Waals surface area contributed by atoms with Gasteiger partial charge in [0.05, 0.1) is 33.5 Å². The van der Waals surface area contributed by atoms with E-state index in [2.05, 4.69) is 9.97 Å². The topological polar surface area (TPSA) is 51.6 Å². The van der Waals surface area contributed by atoms with Crippen LogP contribution in [0.3, 0.4) is 0 Å². The van der Waals surface area contributed by atoms with Crippen molar-refractivity contribution in [1.82, 2.24) is 19.9 Å². The van der Waals surface area contributed by atoms with Gasteiger partial charge in [-0.15, -0.1) is 0 Å². The minimum atomic E-state index is -5.69. The predicted molar refractivity (Wildman–Crippen MR) is 186 cm³/mol. The van der Waals surface area contributed by atoms with Crippen molar-refractivity contribution >= 4 is 65.2 Å². The van der Waals surface area contributed by atoms with E-state index in [0.29, 0.717) is 44.6 Å². The largest absolute Gasteiger partial charge is 0.380 e. The lowest BCUT2D eigenvalue weighted by Crippen LogP contribution is -2.43. The van der Waals surface area contributed by atoms with Gasteiger partial charge in [-0.1, -0.05) is 72.8 Å². The van der Waals surface area contributed by atoms with E-state index in [1.165, 1.54) is 24.3 Å². The number of hydrogen-bond acceptors (Lipinski definition) is 4. The normalized spacial score (nSPS) is 16.1. The van der Waals surface area contributed by atoms with Crippen molar-refractivity contribution in [3.63, 3.8) is 0 Å². The van der Waals surface area contributed by atoms with Crippen molar-refractivity contribution in [2.45, 2.75) is 17.8 Å². The molecule has 0 aliphatic heterocycles. The van der Waals surface area contributed by atoms with Crippen LogP contribution in [0.1, 0.15) is 11.1 Å². The molecule has 0 bridgehead atoms. The van der Waals surface area contributed by atoms with Crippen LogP contribution < -0.4 is 0 Å². The lowest BCUT2D eigenvalue weighted by molar-refractivity contribution is -0.301. The lowest BCUT2D eigenvalue weighted by atomic mass is 9.89. The molecule has 0 saturated carbocycles. The molecule has 10 rings (SSSR count). The molecule has 1 aliphatic rings. The van der Waals surface area contributed by atoms with Gasteiger partial charge in [-0.25, -0.2) is 9.97 Å². The molecule has 1 aliphatic carbocycles. The highest BCUT2D eigenvalue weighted by Gasteiger charge is 2.80. The van der Waals surface area contributed by atoms with Gasteiger partial charge < -0.3 is 0 Å². The van der Waals surface area contributed by atoms with E-state index in [9.17, 15) is 0 Å². The third-order valence-corrected chi connectivity index (χ3v) is 9.99. The molecule has 4 heterocycles. The van der Waals surface area contributed by atoms with E-state index in [4.69, 9.17) is 9.97 Å². The molecule has 246 valence electrons. The Morgan fingerprint density at radius 2 is 0.784 bits per heavy atom. The summed E-state index contributed by atoms with van der Waals surface area (Å²) in [7, 11) is 0. The maximum atomic E-state index is 15.9. The Morgan fingerprint density at radius 1 is 0.392 bits per heavy atom. The number of benzene rings is 5. The first kappa shape index (κ1) is 29.7. The van der Waals surface area contributed by atoms with E-state index in [1.54, 1.807) is 60.9 Å². The number of halogens is 6. The average molecular weight is 683 g/mol. The first-order valence-corrected chi connectivity index (χ1v) is 16.0. The number of hydrogen-bond donors (Lipinski definition) is 0. The summed E-state index contributed by atoms with van der Waals surface area (Å²) in [5, 5.41) is 2.69. The Morgan fingerprint density at radius 3 is 1.22 bits per heavy atom. The molecule has 0 unspecified atom stereocenters. The summed E-state index contributed by atoms with van der Waals surface area (Å²) < 4.78 is 94.0. The van der Waals surface area contributed by atoms with Gasteiger partial charge in [0.2, 0.25) is 0 Å². The van der Waals surface area contributed by atoms with Gasteiger partial charge in [-0.2, -0.15) is 26.3 Å². The van der Waals surface area contributed by atoms with Crippen LogP contribution in [-0.4, -0.2) is 25.9 Å². The maximum absolute atomic E-state index is 15.9. The van der Waals surface area contributed by atoms with E-state index < -0.39 is 39.7 Å². The van der Waals surface area contributed by atoms with Crippen molar-refractivity contribution < 1.29 is 26.3 Å². The zero-order valence-corrected chi connectivity index (χ0v) is 26.1. The summed E-state index contributed by atoms with van der Waals surface area (Å²) in [6.45, 7) is 0. The van der Waals surface area contributed by atoms with Crippen molar-refractivity contribution in [1.29, 1.82) is 0 Å². The quantitative estimate of drug-likeness (QED) is 0.135. The molecule has 0 atom stereocenters. The van der Waals surface area contributed by atoms with E-state index in [0.717, 1.165) is 21.5 Å². The van der Waals surface area contributed by atoms with Gasteiger partial charge in [0.25, 0.3) is 0 Å². The third-order valence-electron chi connectivity index (χ3n) is 9.99. The monoisotopic (exact) mass is 682 g/mol. The number of fused-ring (bicyclic) bond motifs is 12. The first-order chi connectivity index (χ1) is 24.5. The first-order valence-electron chi connectivity index (χ1n) is 16.0. The second-order valence-corrected chi connectivity index (χ2v) is 12.8. The molecule has 0 amide bonds. The van der Waals surface area contributed by atoms with Crippen molar-refractivity contribution in [3.05, 3.63) is 133 Å². The van der Waals surface area contributed by atoms with Crippen molar-refractivity contribution in [2.24, 2.45) is 0 Å². The Kier molecular flexibility index (Phi) is 5.81. The van der Waals surface area contributed by atoms with Crippen LogP contribution in [0.2, 0.25) is 0 Å². The second kappa shape index (κ2) is 9.97. The average Bonchev–Trinajstić information content (AvgIpc) is 3.27. The minimum absolute atomic E-state index is 0.127. The van der Waals surface area contributed by atoms with Crippen LogP contribution >= 0.6 is 0 Å². The number of aromatic nitrogens is 4. The fourth-order valence-electron chi connectivity index (χ4n) is 7.49. The third kappa shape index (κ3) is 3.92. The fraction of sp³-hybridized carbons (Fsp3) is 0.0732. The van der Waals surface area contributed by atoms with Gasteiger partial charge in [0.15, 0.2) is 0 Å². The predicted octanol–water partition coefficient (Wildman–Crippen LogP) is 11.4. The van der Waals surface area contributed by atoms with Gasteiger partial charge in [-0.3, -0.25) is 9.97 Å². The van der Waals surface area contributed by atoms with Crippen LogP contribution in [0.5, 0.6) is 0 Å². The van der Waals surface area contributed by atoms with Gasteiger partial charge in [0, 0.05) is 56.2 Å². The van der Waals surface area contributed by atoms with Crippen LogP contribution in [-0.2, 0) is 11.8 Å². The summed E-state index contributed by atoms with van der Waals surface area (Å²) in [6, 6.07) is 30.6. The molecule has 51 heavy (non-hydrogen) atoms. The van der Waals surface area contributed by atoms with Crippen LogP contribution in [0.25, 0.3) is 87.7 Å². The van der Waals surface area contributed by atoms with Gasteiger partial charge >= 0.3 is 17.8 Å². The molecule has 0 radical (unpaired) electrons. The Labute approximate surface area is 284 Å². The Bertz CT molecular complexity index is 2780.